The Balaban J connectivity index is 1.79. The summed E-state index contributed by atoms with van der Waals surface area (Å²) in [5.41, 5.74) is 3.68. The van der Waals surface area contributed by atoms with E-state index in [9.17, 15) is 14.4 Å². The monoisotopic (exact) mass is 423 g/mol. The van der Waals surface area contributed by atoms with Crippen LogP contribution in [0, 0.1) is 0 Å². The molecular formula is C14H17N9O5S. The Morgan fingerprint density at radius 1 is 1.48 bits per heavy atom. The Kier molecular flexibility index (Phi) is 5.15. The third-order valence-electron chi connectivity index (χ3n) is 4.09. The van der Waals surface area contributed by atoms with Gasteiger partial charge in [-0.25, -0.2) is 9.78 Å². The summed E-state index contributed by atoms with van der Waals surface area (Å²) in [6.45, 7) is 4.22. The largest absolute Gasteiger partial charge is 0.478 e. The van der Waals surface area contributed by atoms with Gasteiger partial charge in [0.1, 0.15) is 11.7 Å². The molecule has 15 heteroatoms. The van der Waals surface area contributed by atoms with Crippen molar-refractivity contribution >= 4 is 45.9 Å². The molecule has 1 aliphatic heterocycles. The van der Waals surface area contributed by atoms with Crippen molar-refractivity contribution in [3.05, 3.63) is 11.1 Å². The molecule has 5 N–H and O–H groups in total. The van der Waals surface area contributed by atoms with Gasteiger partial charge in [0.15, 0.2) is 10.8 Å². The van der Waals surface area contributed by atoms with Crippen LogP contribution in [0.5, 0.6) is 0 Å². The maximum absolute atomic E-state index is 12.8. The van der Waals surface area contributed by atoms with Crippen molar-refractivity contribution in [3.8, 4) is 0 Å². The number of nitrogen functional groups attached to an aromatic ring is 1. The van der Waals surface area contributed by atoms with E-state index in [2.05, 4.69) is 36.1 Å². The molecule has 2 aromatic heterocycles. The van der Waals surface area contributed by atoms with E-state index in [1.165, 1.54) is 24.1 Å². The smallest absolute Gasteiger partial charge is 0.350 e. The predicted molar refractivity (Wildman–Crippen MR) is 98.9 cm³/mol. The molecule has 154 valence electrons. The summed E-state index contributed by atoms with van der Waals surface area (Å²) in [5, 5.41) is 30.1. The number of oxime groups is 1. The minimum absolute atomic E-state index is 0.0839. The fraction of sp³-hybridized carbons (Fsp3) is 0.429. The molecule has 3 heterocycles. The molecule has 1 fully saturated rings. The van der Waals surface area contributed by atoms with Crippen LogP contribution in [0.3, 0.4) is 0 Å². The number of nitrogens with two attached hydrogens (primary N) is 1. The number of nitrogens with one attached hydrogen (secondary N) is 2. The van der Waals surface area contributed by atoms with E-state index in [0.29, 0.717) is 0 Å². The number of tetrazole rings is 1. The number of aromatic amines is 1. The normalized spacial score (nSPS) is 19.6. The number of carbonyl (C=O) groups is 3. The molecule has 0 spiro atoms. The van der Waals surface area contributed by atoms with Gasteiger partial charge < -0.3 is 21.0 Å². The Morgan fingerprint density at radius 2 is 2.21 bits per heavy atom. The predicted octanol–water partition coefficient (Wildman–Crippen LogP) is -1.26. The van der Waals surface area contributed by atoms with Crippen LogP contribution in [0.1, 0.15) is 26.5 Å². The molecule has 0 bridgehead atoms. The van der Waals surface area contributed by atoms with Crippen LogP contribution in [0.15, 0.2) is 10.5 Å². The van der Waals surface area contributed by atoms with Gasteiger partial charge >= 0.3 is 5.97 Å². The lowest BCUT2D eigenvalue weighted by atomic mass is 9.97. The van der Waals surface area contributed by atoms with Gasteiger partial charge in [-0.1, -0.05) is 10.3 Å². The van der Waals surface area contributed by atoms with Crippen LogP contribution in [0.2, 0.25) is 0 Å². The molecule has 0 aliphatic carbocycles. The number of thiazole rings is 1. The van der Waals surface area contributed by atoms with Crippen molar-refractivity contribution in [1.29, 1.82) is 0 Å². The van der Waals surface area contributed by atoms with Crippen LogP contribution in [-0.4, -0.2) is 71.9 Å². The van der Waals surface area contributed by atoms with Crippen LogP contribution in [-0.2, 0) is 19.2 Å². The molecule has 14 nitrogen and oxygen atoms in total. The minimum atomic E-state index is -1.69. The van der Waals surface area contributed by atoms with Gasteiger partial charge in [-0.05, 0) is 26.0 Å². The lowest BCUT2D eigenvalue weighted by molar-refractivity contribution is -0.161. The zero-order valence-electron chi connectivity index (χ0n) is 15.5. The standard InChI is InChI=1S/C14H17N9O5S/c1-5-7(10(25)23(5)13-18-21-22-19-13)17-9(24)8(6-4-29-12(15)16-6)20-28-14(2,3)11(26)27/h4-5,7H,1-3H3,(H2,15,16)(H,17,24)(H,26,27)(H,18,19,21,22)/b20-8+/t5-,7-/m0/s1. The Bertz CT molecular complexity index is 970. The Morgan fingerprint density at radius 3 is 2.72 bits per heavy atom. The Labute approximate surface area is 167 Å². The van der Waals surface area contributed by atoms with Crippen molar-refractivity contribution in [2.75, 3.05) is 10.6 Å². The highest BCUT2D eigenvalue weighted by molar-refractivity contribution is 7.13. The lowest BCUT2D eigenvalue weighted by Gasteiger charge is -2.42. The number of hydrogen-bond donors (Lipinski definition) is 4. The summed E-state index contributed by atoms with van der Waals surface area (Å²) in [6.07, 6.45) is 0. The zero-order chi connectivity index (χ0) is 21.3. The molecule has 0 aromatic carbocycles. The first-order valence-corrected chi connectivity index (χ1v) is 9.08. The van der Waals surface area contributed by atoms with E-state index in [1.54, 1.807) is 6.92 Å². The van der Waals surface area contributed by atoms with Crippen LogP contribution in [0.25, 0.3) is 0 Å². The second kappa shape index (κ2) is 7.42. The molecule has 29 heavy (non-hydrogen) atoms. The number of H-pyrrole nitrogens is 1. The van der Waals surface area contributed by atoms with Gasteiger partial charge in [0, 0.05) is 5.38 Å². The number of rotatable bonds is 7. The number of hydrogen-bond acceptors (Lipinski definition) is 11. The summed E-state index contributed by atoms with van der Waals surface area (Å²) in [7, 11) is 0. The van der Waals surface area contributed by atoms with Gasteiger partial charge in [0.2, 0.25) is 5.60 Å². The Hall–Kier alpha value is -3.62. The second-order valence-corrected chi connectivity index (χ2v) is 7.42. The van der Waals surface area contributed by atoms with Gasteiger partial charge in [0.25, 0.3) is 17.8 Å². The highest BCUT2D eigenvalue weighted by Gasteiger charge is 2.48. The number of β-lactam (4-membered cyclic amide) rings is 1. The van der Waals surface area contributed by atoms with Crippen molar-refractivity contribution in [2.24, 2.45) is 5.16 Å². The SMILES string of the molecule is C[C@H]1[C@H](NC(=O)/C(=N/OC(C)(C)C(=O)O)c2csc(N)n2)C(=O)N1c1nn[nH]n1. The maximum atomic E-state index is 12.8. The summed E-state index contributed by atoms with van der Waals surface area (Å²) >= 11 is 1.06. The summed E-state index contributed by atoms with van der Waals surface area (Å²) < 4.78 is 0. The molecule has 1 saturated heterocycles. The van der Waals surface area contributed by atoms with Gasteiger partial charge in [0.05, 0.1) is 6.04 Å². The number of amides is 2. The first kappa shape index (κ1) is 20.1. The minimum Gasteiger partial charge on any atom is -0.478 e. The zero-order valence-corrected chi connectivity index (χ0v) is 16.3. The number of aromatic nitrogens is 5. The van der Waals surface area contributed by atoms with Crippen molar-refractivity contribution in [1.82, 2.24) is 30.9 Å². The molecule has 0 unspecified atom stereocenters. The molecule has 2 aromatic rings. The number of carbonyl (C=O) groups excluding carboxylic acids is 2. The highest BCUT2D eigenvalue weighted by atomic mass is 32.1. The van der Waals surface area contributed by atoms with Crippen molar-refractivity contribution in [3.63, 3.8) is 0 Å². The van der Waals surface area contributed by atoms with E-state index in [1.807, 2.05) is 0 Å². The topological polar surface area (TPSA) is 202 Å². The molecular weight excluding hydrogens is 406 g/mol. The fourth-order valence-electron chi connectivity index (χ4n) is 2.35. The number of anilines is 2. The number of nitrogens with zero attached hydrogens (tertiary/aromatic N) is 6. The highest BCUT2D eigenvalue weighted by Crippen LogP contribution is 2.24. The average Bonchev–Trinajstić information content (AvgIpc) is 3.32. The van der Waals surface area contributed by atoms with Gasteiger partial charge in [-0.3, -0.25) is 14.5 Å². The van der Waals surface area contributed by atoms with Crippen molar-refractivity contribution in [2.45, 2.75) is 38.5 Å². The van der Waals surface area contributed by atoms with Crippen LogP contribution in [0.4, 0.5) is 11.1 Å². The van der Waals surface area contributed by atoms with E-state index in [-0.39, 0.29) is 22.5 Å². The molecule has 0 radical (unpaired) electrons. The fourth-order valence-corrected chi connectivity index (χ4v) is 2.90. The number of carboxylic acids is 1. The first-order valence-electron chi connectivity index (χ1n) is 8.20. The quantitative estimate of drug-likeness (QED) is 0.236. The maximum Gasteiger partial charge on any atom is 0.350 e. The van der Waals surface area contributed by atoms with Gasteiger partial charge in [-0.2, -0.15) is 5.21 Å². The van der Waals surface area contributed by atoms with Crippen LogP contribution < -0.4 is 16.0 Å². The number of carboxylic acid groups (broad SMARTS) is 1. The molecule has 0 saturated carbocycles. The molecule has 2 amide bonds. The van der Waals surface area contributed by atoms with E-state index < -0.39 is 35.5 Å². The average molecular weight is 423 g/mol. The number of aliphatic carboxylic acids is 1. The van der Waals surface area contributed by atoms with E-state index >= 15 is 0 Å². The van der Waals surface area contributed by atoms with Crippen LogP contribution >= 0.6 is 11.3 Å². The van der Waals surface area contributed by atoms with E-state index in [4.69, 9.17) is 15.7 Å². The lowest BCUT2D eigenvalue weighted by Crippen LogP contribution is -2.70. The van der Waals surface area contributed by atoms with Gasteiger partial charge in [-0.15, -0.1) is 16.4 Å². The summed E-state index contributed by atoms with van der Waals surface area (Å²) in [4.78, 5) is 46.6. The third kappa shape index (κ3) is 3.84. The summed E-state index contributed by atoms with van der Waals surface area (Å²) in [5.74, 6) is -2.43. The second-order valence-electron chi connectivity index (χ2n) is 6.53. The third-order valence-corrected chi connectivity index (χ3v) is 4.76. The molecule has 2 atom stereocenters. The molecule has 1 aliphatic rings. The summed E-state index contributed by atoms with van der Waals surface area (Å²) in [6, 6.07) is -1.34. The molecule has 3 rings (SSSR count). The first-order chi connectivity index (χ1) is 13.6. The van der Waals surface area contributed by atoms with E-state index in [0.717, 1.165) is 11.3 Å². The van der Waals surface area contributed by atoms with Crippen molar-refractivity contribution < 1.29 is 24.3 Å².